The fraction of sp³-hybridized carbons (Fsp3) is 0.441. The van der Waals surface area contributed by atoms with Crippen LogP contribution in [0.15, 0.2) is 53.9 Å². The minimum absolute atomic E-state index is 0.0179. The van der Waals surface area contributed by atoms with Crippen molar-refractivity contribution in [3.05, 3.63) is 91.1 Å². The predicted octanol–water partition coefficient (Wildman–Crippen LogP) is 4.94. The monoisotopic (exact) mass is 667 g/mol. The van der Waals surface area contributed by atoms with Crippen molar-refractivity contribution < 1.29 is 14.4 Å². The lowest BCUT2D eigenvalue weighted by Crippen LogP contribution is -2.54. The van der Waals surface area contributed by atoms with Gasteiger partial charge >= 0.3 is 0 Å². The van der Waals surface area contributed by atoms with Crippen LogP contribution in [0.5, 0.6) is 0 Å². The summed E-state index contributed by atoms with van der Waals surface area (Å²) in [6, 6.07) is 14.8. The van der Waals surface area contributed by atoms with E-state index in [4.69, 9.17) is 28.9 Å². The van der Waals surface area contributed by atoms with E-state index in [-0.39, 0.29) is 35.8 Å². The van der Waals surface area contributed by atoms with Gasteiger partial charge in [-0.05, 0) is 61.5 Å². The molecule has 3 saturated heterocycles. The SMILES string of the molecule is Cc1cc(C)cc(C(=O)N2CCN(C(=O)CCN3CC4CC3CN4C(=O)C(N)Cc3cccs3)C(c3ccc(Cl)c(Cl)c3)C2)c1. The Bertz CT molecular complexity index is 1560. The van der Waals surface area contributed by atoms with Crippen LogP contribution < -0.4 is 5.73 Å². The van der Waals surface area contributed by atoms with Crippen molar-refractivity contribution >= 4 is 52.3 Å². The first-order valence-electron chi connectivity index (χ1n) is 15.5. The summed E-state index contributed by atoms with van der Waals surface area (Å²) in [5.74, 6) is 0.0174. The van der Waals surface area contributed by atoms with Gasteiger partial charge in [0.15, 0.2) is 0 Å². The zero-order valence-electron chi connectivity index (χ0n) is 25.6. The Morgan fingerprint density at radius 3 is 2.38 bits per heavy atom. The van der Waals surface area contributed by atoms with Crippen molar-refractivity contribution in [1.82, 2.24) is 19.6 Å². The van der Waals surface area contributed by atoms with Crippen molar-refractivity contribution in [3.8, 4) is 0 Å². The highest BCUT2D eigenvalue weighted by Crippen LogP contribution is 2.34. The van der Waals surface area contributed by atoms with E-state index < -0.39 is 6.04 Å². The smallest absolute Gasteiger partial charge is 0.254 e. The Kier molecular flexibility index (Phi) is 9.54. The van der Waals surface area contributed by atoms with Crippen LogP contribution in [0.3, 0.4) is 0 Å². The first kappa shape index (κ1) is 32.0. The molecule has 2 N–H and O–H groups in total. The topological polar surface area (TPSA) is 90.2 Å². The molecule has 0 aliphatic carbocycles. The van der Waals surface area contributed by atoms with Gasteiger partial charge in [0.05, 0.1) is 22.1 Å². The molecule has 4 heterocycles. The summed E-state index contributed by atoms with van der Waals surface area (Å²) >= 11 is 14.3. The maximum absolute atomic E-state index is 13.8. The molecule has 6 rings (SSSR count). The second kappa shape index (κ2) is 13.4. The molecular weight excluding hydrogens is 629 g/mol. The van der Waals surface area contributed by atoms with Gasteiger partial charge in [-0.15, -0.1) is 11.3 Å². The molecule has 3 aromatic rings. The lowest BCUT2D eigenvalue weighted by atomic mass is 10.00. The summed E-state index contributed by atoms with van der Waals surface area (Å²) in [4.78, 5) is 49.6. The Hall–Kier alpha value is -2.95. The third-order valence-electron chi connectivity index (χ3n) is 9.35. The highest BCUT2D eigenvalue weighted by atomic mass is 35.5. The molecule has 11 heteroatoms. The van der Waals surface area contributed by atoms with Crippen LogP contribution in [0, 0.1) is 13.8 Å². The maximum Gasteiger partial charge on any atom is 0.254 e. The van der Waals surface area contributed by atoms with Crippen molar-refractivity contribution in [1.29, 1.82) is 0 Å². The number of thiophene rings is 1. The van der Waals surface area contributed by atoms with E-state index in [1.54, 1.807) is 23.5 Å². The fourth-order valence-electron chi connectivity index (χ4n) is 7.17. The van der Waals surface area contributed by atoms with Gasteiger partial charge in [-0.3, -0.25) is 19.3 Å². The second-order valence-electron chi connectivity index (χ2n) is 12.6. The number of carbonyl (C=O) groups is 3. The predicted molar refractivity (Wildman–Crippen MR) is 179 cm³/mol. The molecule has 4 atom stereocenters. The van der Waals surface area contributed by atoms with Crippen molar-refractivity contribution in [2.45, 2.75) is 57.3 Å². The molecule has 3 aliphatic rings. The molecule has 4 unspecified atom stereocenters. The molecule has 238 valence electrons. The minimum atomic E-state index is -0.531. The van der Waals surface area contributed by atoms with Crippen LogP contribution in [0.1, 0.15) is 50.8 Å². The van der Waals surface area contributed by atoms with Gasteiger partial charge in [0.1, 0.15) is 0 Å². The Labute approximate surface area is 278 Å². The summed E-state index contributed by atoms with van der Waals surface area (Å²) < 4.78 is 0. The average Bonchev–Trinajstić information content (AvgIpc) is 3.78. The number of fused-ring (bicyclic) bond motifs is 2. The van der Waals surface area contributed by atoms with Gasteiger partial charge < -0.3 is 20.4 Å². The van der Waals surface area contributed by atoms with E-state index in [9.17, 15) is 14.4 Å². The number of carbonyl (C=O) groups excluding carboxylic acids is 3. The van der Waals surface area contributed by atoms with Crippen LogP contribution in [-0.2, 0) is 16.0 Å². The van der Waals surface area contributed by atoms with Gasteiger partial charge in [-0.25, -0.2) is 0 Å². The van der Waals surface area contributed by atoms with Crippen LogP contribution in [0.2, 0.25) is 10.0 Å². The lowest BCUT2D eigenvalue weighted by Gasteiger charge is -2.42. The first-order valence-corrected chi connectivity index (χ1v) is 17.2. The van der Waals surface area contributed by atoms with E-state index in [0.29, 0.717) is 61.2 Å². The zero-order valence-corrected chi connectivity index (χ0v) is 28.0. The van der Waals surface area contributed by atoms with E-state index in [1.807, 2.05) is 64.3 Å². The summed E-state index contributed by atoms with van der Waals surface area (Å²) in [7, 11) is 0. The third kappa shape index (κ3) is 6.93. The van der Waals surface area contributed by atoms with Crippen LogP contribution in [-0.4, -0.2) is 94.7 Å². The molecule has 2 aromatic carbocycles. The van der Waals surface area contributed by atoms with Gasteiger partial charge in [-0.1, -0.05) is 52.5 Å². The molecule has 1 aromatic heterocycles. The van der Waals surface area contributed by atoms with Gasteiger partial charge in [0, 0.05) is 74.6 Å². The molecule has 3 aliphatic heterocycles. The van der Waals surface area contributed by atoms with Crippen molar-refractivity contribution in [3.63, 3.8) is 0 Å². The molecule has 0 radical (unpaired) electrons. The molecule has 3 amide bonds. The fourth-order valence-corrected chi connectivity index (χ4v) is 8.24. The van der Waals surface area contributed by atoms with Gasteiger partial charge in [0.25, 0.3) is 5.91 Å². The molecule has 45 heavy (non-hydrogen) atoms. The standard InChI is InChI=1S/C34H39Cl2N5O3S/c1-21-12-22(2)14-24(13-21)33(43)39-9-10-40(31(20-39)23-5-6-28(35)29(36)15-23)32(42)7-8-38-18-26-16-25(38)19-41(26)34(44)30(37)17-27-4-3-11-45-27/h3-6,11-15,25-26,30-31H,7-10,16-20,37H2,1-2H3. The molecule has 3 fully saturated rings. The number of rotatable bonds is 8. The number of halogens is 2. The summed E-state index contributed by atoms with van der Waals surface area (Å²) in [6.45, 7) is 7.25. The highest BCUT2D eigenvalue weighted by Gasteiger charge is 2.46. The van der Waals surface area contributed by atoms with Crippen LogP contribution in [0.4, 0.5) is 0 Å². The van der Waals surface area contributed by atoms with Crippen molar-refractivity contribution in [2.75, 3.05) is 39.3 Å². The highest BCUT2D eigenvalue weighted by molar-refractivity contribution is 7.09. The van der Waals surface area contributed by atoms with E-state index in [2.05, 4.69) is 11.0 Å². The molecule has 8 nitrogen and oxygen atoms in total. The van der Waals surface area contributed by atoms with Gasteiger partial charge in [-0.2, -0.15) is 0 Å². The Morgan fingerprint density at radius 2 is 1.71 bits per heavy atom. The summed E-state index contributed by atoms with van der Waals surface area (Å²) in [5, 5.41) is 2.87. The number of piperazine rings is 2. The Balaban J connectivity index is 1.09. The van der Waals surface area contributed by atoms with Crippen molar-refractivity contribution in [2.24, 2.45) is 5.73 Å². The quantitative estimate of drug-likeness (QED) is 0.368. The van der Waals surface area contributed by atoms with E-state index in [1.165, 1.54) is 0 Å². The first-order chi connectivity index (χ1) is 21.6. The number of aryl methyl sites for hydroxylation is 2. The normalized spacial score (nSPS) is 22.2. The average molecular weight is 669 g/mol. The number of amides is 3. The second-order valence-corrected chi connectivity index (χ2v) is 14.4. The van der Waals surface area contributed by atoms with Crippen LogP contribution >= 0.6 is 34.5 Å². The molecule has 0 spiro atoms. The molecular formula is C34H39Cl2N5O3S. The number of benzene rings is 2. The third-order valence-corrected chi connectivity index (χ3v) is 11.0. The Morgan fingerprint density at radius 1 is 0.933 bits per heavy atom. The summed E-state index contributed by atoms with van der Waals surface area (Å²) in [5.41, 5.74) is 9.89. The molecule has 2 bridgehead atoms. The maximum atomic E-state index is 13.8. The van der Waals surface area contributed by atoms with Crippen LogP contribution in [0.25, 0.3) is 0 Å². The summed E-state index contributed by atoms with van der Waals surface area (Å²) in [6.07, 6.45) is 1.83. The number of hydrogen-bond donors (Lipinski definition) is 1. The minimum Gasteiger partial charge on any atom is -0.335 e. The largest absolute Gasteiger partial charge is 0.335 e. The lowest BCUT2D eigenvalue weighted by molar-refractivity contribution is -0.138. The number of nitrogens with two attached hydrogens (primary N) is 1. The number of nitrogens with zero attached hydrogens (tertiary/aromatic N) is 4. The number of likely N-dealkylation sites (tertiary alicyclic amines) is 2. The van der Waals surface area contributed by atoms with E-state index in [0.717, 1.165) is 34.5 Å². The van der Waals surface area contributed by atoms with E-state index >= 15 is 0 Å². The molecule has 0 saturated carbocycles. The van der Waals surface area contributed by atoms with Gasteiger partial charge in [0.2, 0.25) is 11.8 Å². The number of hydrogen-bond acceptors (Lipinski definition) is 6. The zero-order chi connectivity index (χ0) is 31.8.